The van der Waals surface area contributed by atoms with E-state index in [4.69, 9.17) is 10.4 Å². The first kappa shape index (κ1) is 11.3. The second-order valence-electron chi connectivity index (χ2n) is 3.28. The maximum absolute atomic E-state index is 11.3. The van der Waals surface area contributed by atoms with E-state index in [1.54, 1.807) is 24.3 Å². The lowest BCUT2D eigenvalue weighted by Gasteiger charge is -2.05. The minimum absolute atomic E-state index is 0.0952. The van der Waals surface area contributed by atoms with E-state index >= 15 is 0 Å². The number of nitrogens with zero attached hydrogens (tertiary/aromatic N) is 3. The molecule has 0 amide bonds. The normalized spacial score (nSPS) is 11.1. The monoisotopic (exact) mass is 248 g/mol. The summed E-state index contributed by atoms with van der Waals surface area (Å²) in [5.74, 6) is 0. The van der Waals surface area contributed by atoms with E-state index in [0.717, 1.165) is 0 Å². The lowest BCUT2D eigenvalue weighted by Crippen LogP contribution is -2.17. The van der Waals surface area contributed by atoms with Gasteiger partial charge in [-0.05, 0) is 30.3 Å². The number of nitriles is 1. The predicted octanol–water partition coefficient (Wildman–Crippen LogP) is 0.391. The van der Waals surface area contributed by atoms with Crippen LogP contribution in [0.15, 0.2) is 41.6 Å². The van der Waals surface area contributed by atoms with Crippen molar-refractivity contribution in [2.45, 2.75) is 5.03 Å². The second-order valence-corrected chi connectivity index (χ2v) is 4.79. The van der Waals surface area contributed by atoms with Crippen molar-refractivity contribution in [3.63, 3.8) is 0 Å². The van der Waals surface area contributed by atoms with E-state index in [-0.39, 0.29) is 5.03 Å². The number of aromatic nitrogens is 2. The van der Waals surface area contributed by atoms with E-state index in [2.05, 4.69) is 5.10 Å². The molecule has 2 rings (SSSR count). The first-order chi connectivity index (χ1) is 8.02. The third-order valence-corrected chi connectivity index (χ3v) is 3.03. The number of benzene rings is 1. The fourth-order valence-corrected chi connectivity index (χ4v) is 2.02. The topological polar surface area (TPSA) is 102 Å². The molecule has 0 unspecified atom stereocenters. The van der Waals surface area contributed by atoms with Gasteiger partial charge < -0.3 is 0 Å². The van der Waals surface area contributed by atoms with Gasteiger partial charge in [0.2, 0.25) is 0 Å². The minimum Gasteiger partial charge on any atom is -0.223 e. The molecule has 0 radical (unpaired) electrons. The van der Waals surface area contributed by atoms with E-state index in [0.29, 0.717) is 11.3 Å². The molecule has 1 aromatic carbocycles. The quantitative estimate of drug-likeness (QED) is 0.830. The van der Waals surface area contributed by atoms with Crippen LogP contribution in [0.4, 0.5) is 0 Å². The van der Waals surface area contributed by atoms with Crippen LogP contribution in [0.3, 0.4) is 0 Å². The number of hydrogen-bond acceptors (Lipinski definition) is 4. The minimum atomic E-state index is -3.82. The lowest BCUT2D eigenvalue weighted by atomic mass is 10.2. The van der Waals surface area contributed by atoms with Crippen molar-refractivity contribution in [3.05, 3.63) is 42.1 Å². The Kier molecular flexibility index (Phi) is 2.67. The van der Waals surface area contributed by atoms with Crippen molar-refractivity contribution >= 4 is 10.0 Å². The zero-order chi connectivity index (χ0) is 12.5. The molecule has 86 valence electrons. The fraction of sp³-hybridized carbons (Fsp3) is 0. The summed E-state index contributed by atoms with van der Waals surface area (Å²) in [6.07, 6.45) is 1.35. The van der Waals surface area contributed by atoms with Gasteiger partial charge in [0.15, 0.2) is 5.03 Å². The summed E-state index contributed by atoms with van der Waals surface area (Å²) in [6.45, 7) is 0. The number of nitrogens with two attached hydrogens (primary N) is 1. The van der Waals surface area contributed by atoms with Crippen LogP contribution in [-0.4, -0.2) is 18.2 Å². The van der Waals surface area contributed by atoms with E-state index in [1.807, 2.05) is 6.07 Å². The van der Waals surface area contributed by atoms with Crippen molar-refractivity contribution in [1.29, 1.82) is 5.26 Å². The average molecular weight is 248 g/mol. The van der Waals surface area contributed by atoms with Gasteiger partial charge in [-0.15, -0.1) is 0 Å². The second kappa shape index (κ2) is 4.01. The Morgan fingerprint density at radius 3 is 2.41 bits per heavy atom. The molecule has 0 aliphatic carbocycles. The van der Waals surface area contributed by atoms with E-state index in [9.17, 15) is 8.42 Å². The van der Waals surface area contributed by atoms with Gasteiger partial charge in [-0.2, -0.15) is 10.4 Å². The molecule has 1 heterocycles. The van der Waals surface area contributed by atoms with Gasteiger partial charge in [-0.3, -0.25) is 0 Å². The summed E-state index contributed by atoms with van der Waals surface area (Å²) >= 11 is 0. The summed E-state index contributed by atoms with van der Waals surface area (Å²) < 4.78 is 23.8. The van der Waals surface area contributed by atoms with Crippen molar-refractivity contribution in [2.75, 3.05) is 0 Å². The average Bonchev–Trinajstić information content (AvgIpc) is 2.78. The van der Waals surface area contributed by atoms with E-state index in [1.165, 1.54) is 16.9 Å². The van der Waals surface area contributed by atoms with Crippen LogP contribution < -0.4 is 5.14 Å². The molecule has 2 aromatic rings. The molecule has 0 spiro atoms. The zero-order valence-electron chi connectivity index (χ0n) is 8.61. The summed E-state index contributed by atoms with van der Waals surface area (Å²) in [7, 11) is -3.82. The van der Waals surface area contributed by atoms with Crippen LogP contribution in [-0.2, 0) is 10.0 Å². The molecule has 0 bridgehead atoms. The van der Waals surface area contributed by atoms with Gasteiger partial charge in [0.25, 0.3) is 10.0 Å². The fourth-order valence-electron chi connectivity index (χ4n) is 1.38. The van der Waals surface area contributed by atoms with Gasteiger partial charge in [0.1, 0.15) is 0 Å². The lowest BCUT2D eigenvalue weighted by molar-refractivity contribution is 0.587. The van der Waals surface area contributed by atoms with Crippen molar-refractivity contribution in [2.24, 2.45) is 5.14 Å². The van der Waals surface area contributed by atoms with Crippen LogP contribution in [0.1, 0.15) is 5.56 Å². The molecular formula is C10H8N4O2S. The Hall–Kier alpha value is -2.17. The summed E-state index contributed by atoms with van der Waals surface area (Å²) in [4.78, 5) is 0. The van der Waals surface area contributed by atoms with Crippen LogP contribution in [0.5, 0.6) is 0 Å². The van der Waals surface area contributed by atoms with Crippen molar-refractivity contribution in [3.8, 4) is 11.8 Å². The Bertz CT molecular complexity index is 680. The third-order valence-electron chi connectivity index (χ3n) is 2.14. The van der Waals surface area contributed by atoms with Crippen molar-refractivity contribution in [1.82, 2.24) is 9.78 Å². The van der Waals surface area contributed by atoms with Gasteiger partial charge in [-0.25, -0.2) is 18.2 Å². The first-order valence-electron chi connectivity index (χ1n) is 4.60. The zero-order valence-corrected chi connectivity index (χ0v) is 9.42. The third kappa shape index (κ3) is 2.18. The Morgan fingerprint density at radius 1 is 1.24 bits per heavy atom. The molecule has 2 N–H and O–H groups in total. The highest BCUT2D eigenvalue weighted by atomic mass is 32.2. The van der Waals surface area contributed by atoms with Gasteiger partial charge in [-0.1, -0.05) is 0 Å². The molecule has 1 aromatic heterocycles. The van der Waals surface area contributed by atoms with Crippen LogP contribution >= 0.6 is 0 Å². The molecule has 0 fully saturated rings. The predicted molar refractivity (Wildman–Crippen MR) is 59.7 cm³/mol. The molecular weight excluding hydrogens is 240 g/mol. The van der Waals surface area contributed by atoms with Crippen molar-refractivity contribution < 1.29 is 8.42 Å². The maximum atomic E-state index is 11.3. The summed E-state index contributed by atoms with van der Waals surface area (Å²) in [6, 6.07) is 9.63. The smallest absolute Gasteiger partial charge is 0.223 e. The molecule has 0 aliphatic heterocycles. The first-order valence-corrected chi connectivity index (χ1v) is 6.14. The number of sulfonamides is 1. The maximum Gasteiger partial charge on any atom is 0.255 e. The van der Waals surface area contributed by atoms with Gasteiger partial charge >= 0.3 is 0 Å². The van der Waals surface area contributed by atoms with Gasteiger partial charge in [0.05, 0.1) is 23.5 Å². The molecule has 0 saturated carbocycles. The standard InChI is InChI=1S/C10H8N4O2S/c11-7-8-1-3-9(4-2-8)14-10(5-6-13-14)17(12,15)16/h1-6H,(H2,12,15,16). The number of primary sulfonamides is 1. The van der Waals surface area contributed by atoms with Crippen LogP contribution in [0.25, 0.3) is 5.69 Å². The summed E-state index contributed by atoms with van der Waals surface area (Å²) in [5.41, 5.74) is 1.01. The number of hydrogen-bond donors (Lipinski definition) is 1. The van der Waals surface area contributed by atoms with E-state index < -0.39 is 10.0 Å². The molecule has 7 heteroatoms. The van der Waals surface area contributed by atoms with Crippen LogP contribution in [0.2, 0.25) is 0 Å². The highest BCUT2D eigenvalue weighted by Gasteiger charge is 2.15. The SMILES string of the molecule is N#Cc1ccc(-n2nccc2S(N)(=O)=O)cc1. The Balaban J connectivity index is 2.55. The van der Waals surface area contributed by atoms with Crippen LogP contribution in [0, 0.1) is 11.3 Å². The molecule has 0 aliphatic rings. The largest absolute Gasteiger partial charge is 0.255 e. The molecule has 17 heavy (non-hydrogen) atoms. The highest BCUT2D eigenvalue weighted by Crippen LogP contribution is 2.14. The number of rotatable bonds is 2. The highest BCUT2D eigenvalue weighted by molar-refractivity contribution is 7.89. The summed E-state index contributed by atoms with van der Waals surface area (Å²) in [5, 5.41) is 17.5. The molecule has 0 saturated heterocycles. The molecule has 0 atom stereocenters. The molecule has 6 nitrogen and oxygen atoms in total. The van der Waals surface area contributed by atoms with Gasteiger partial charge in [0, 0.05) is 0 Å². The Labute approximate surface area is 98.0 Å². The Morgan fingerprint density at radius 2 is 1.88 bits per heavy atom.